The van der Waals surface area contributed by atoms with Gasteiger partial charge in [0, 0.05) is 35.8 Å². The molecule has 2 amide bonds. The Hall–Kier alpha value is -3.08. The van der Waals surface area contributed by atoms with E-state index >= 15 is 0 Å². The topological polar surface area (TPSA) is 65.2 Å². The number of aromatic nitrogens is 1. The number of amides is 2. The summed E-state index contributed by atoms with van der Waals surface area (Å²) in [6.45, 7) is 7.34. The van der Waals surface area contributed by atoms with Gasteiger partial charge < -0.3 is 15.2 Å². The van der Waals surface area contributed by atoms with E-state index < -0.39 is 5.54 Å². The van der Waals surface area contributed by atoms with Crippen LogP contribution < -0.4 is 5.32 Å². The molecule has 0 saturated carbocycles. The molecular formula is C27H33N3O2. The second-order valence-corrected chi connectivity index (χ2v) is 9.44. The smallest absolute Gasteiger partial charge is 0.255 e. The van der Waals surface area contributed by atoms with Crippen LogP contribution in [0.4, 0.5) is 0 Å². The van der Waals surface area contributed by atoms with Gasteiger partial charge in [-0.15, -0.1) is 0 Å². The minimum atomic E-state index is -0.890. The number of nitrogens with zero attached hydrogens (tertiary/aromatic N) is 1. The minimum Gasteiger partial charge on any atom is -0.361 e. The Balaban J connectivity index is 1.63. The molecule has 5 nitrogen and oxygen atoms in total. The largest absolute Gasteiger partial charge is 0.361 e. The number of aromatic amines is 1. The highest BCUT2D eigenvalue weighted by Crippen LogP contribution is 2.31. The Labute approximate surface area is 190 Å². The Morgan fingerprint density at radius 1 is 1.16 bits per heavy atom. The van der Waals surface area contributed by atoms with E-state index in [1.165, 1.54) is 5.39 Å². The summed E-state index contributed by atoms with van der Waals surface area (Å²) in [5, 5.41) is 4.28. The van der Waals surface area contributed by atoms with E-state index in [0.29, 0.717) is 43.8 Å². The van der Waals surface area contributed by atoms with E-state index in [1.807, 2.05) is 54.4 Å². The quantitative estimate of drug-likeness (QED) is 0.568. The summed E-state index contributed by atoms with van der Waals surface area (Å²) in [4.78, 5) is 32.2. The van der Waals surface area contributed by atoms with Crippen LogP contribution in [-0.2, 0) is 17.6 Å². The van der Waals surface area contributed by atoms with Crippen molar-refractivity contribution >= 4 is 22.7 Å². The Bertz CT molecular complexity index is 1120. The zero-order chi connectivity index (χ0) is 22.7. The molecule has 1 atom stereocenters. The Kier molecular flexibility index (Phi) is 6.35. The van der Waals surface area contributed by atoms with Crippen molar-refractivity contribution in [3.05, 3.63) is 71.4 Å². The van der Waals surface area contributed by atoms with Gasteiger partial charge in [0.1, 0.15) is 5.54 Å². The molecule has 0 radical (unpaired) electrons. The molecule has 1 aromatic heterocycles. The molecule has 0 unspecified atom stereocenters. The fourth-order valence-electron chi connectivity index (χ4n) is 4.65. The normalized spacial score (nSPS) is 18.6. The van der Waals surface area contributed by atoms with Gasteiger partial charge in [-0.25, -0.2) is 0 Å². The Morgan fingerprint density at radius 2 is 1.91 bits per heavy atom. The first-order chi connectivity index (χ1) is 15.4. The summed E-state index contributed by atoms with van der Waals surface area (Å²) in [5.74, 6) is 0.402. The average Bonchev–Trinajstić information content (AvgIpc) is 3.16. The second kappa shape index (κ2) is 9.19. The number of para-hydroxylation sites is 1. The molecule has 2 aromatic carbocycles. The molecule has 0 spiro atoms. The molecular weight excluding hydrogens is 398 g/mol. The number of hydrogen-bond acceptors (Lipinski definition) is 2. The van der Waals surface area contributed by atoms with Crippen LogP contribution in [0.1, 0.15) is 55.1 Å². The molecule has 0 bridgehead atoms. The summed E-state index contributed by atoms with van der Waals surface area (Å²) in [7, 11) is 0. The number of hydrogen-bond donors (Lipinski definition) is 2. The highest BCUT2D eigenvalue weighted by atomic mass is 16.2. The third-order valence-corrected chi connectivity index (χ3v) is 6.75. The van der Waals surface area contributed by atoms with Crippen LogP contribution >= 0.6 is 0 Å². The zero-order valence-corrected chi connectivity index (χ0v) is 19.3. The van der Waals surface area contributed by atoms with Crippen LogP contribution in [0.25, 0.3) is 10.9 Å². The van der Waals surface area contributed by atoms with Gasteiger partial charge in [0.2, 0.25) is 5.91 Å². The van der Waals surface area contributed by atoms with E-state index in [4.69, 9.17) is 0 Å². The number of nitrogens with one attached hydrogen (secondary N) is 2. The first-order valence-electron chi connectivity index (χ1n) is 11.6. The molecule has 2 heterocycles. The molecule has 0 saturated heterocycles. The highest BCUT2D eigenvalue weighted by molar-refractivity contribution is 6.01. The van der Waals surface area contributed by atoms with Crippen molar-refractivity contribution in [3.63, 3.8) is 0 Å². The van der Waals surface area contributed by atoms with Gasteiger partial charge in [0.05, 0.1) is 0 Å². The van der Waals surface area contributed by atoms with Gasteiger partial charge in [-0.1, -0.05) is 50.2 Å². The summed E-state index contributed by atoms with van der Waals surface area (Å²) >= 11 is 0. The number of aryl methyl sites for hydroxylation is 1. The van der Waals surface area contributed by atoms with Crippen molar-refractivity contribution in [1.29, 1.82) is 0 Å². The zero-order valence-electron chi connectivity index (χ0n) is 19.3. The van der Waals surface area contributed by atoms with Crippen molar-refractivity contribution in [2.75, 3.05) is 13.1 Å². The molecule has 0 fully saturated rings. The lowest BCUT2D eigenvalue weighted by Crippen LogP contribution is -2.59. The first-order valence-corrected chi connectivity index (χ1v) is 11.6. The number of fused-ring (bicyclic) bond motifs is 2. The van der Waals surface area contributed by atoms with Crippen molar-refractivity contribution < 1.29 is 9.59 Å². The number of rotatable bonds is 7. The standard InChI is InChI=1S/C27H33N3O2/c1-19(2)13-16-28-26(32)27(3)15-12-20-8-4-5-10-23(20)25(31)30(27)17-14-21-18-29-24-11-7-6-9-22(21)24/h4-11,18-19,29H,12-17H2,1-3H3,(H,28,32)/t27-/m0/s1. The second-order valence-electron chi connectivity index (χ2n) is 9.44. The summed E-state index contributed by atoms with van der Waals surface area (Å²) in [6.07, 6.45) is 4.94. The molecule has 4 rings (SSSR count). The van der Waals surface area contributed by atoms with E-state index in [2.05, 4.69) is 36.3 Å². The summed E-state index contributed by atoms with van der Waals surface area (Å²) in [6, 6.07) is 16.0. The maximum atomic E-state index is 13.7. The van der Waals surface area contributed by atoms with Crippen molar-refractivity contribution in [3.8, 4) is 0 Å². The van der Waals surface area contributed by atoms with Crippen LogP contribution in [0.5, 0.6) is 0 Å². The van der Waals surface area contributed by atoms with Crippen LogP contribution in [0.3, 0.4) is 0 Å². The van der Waals surface area contributed by atoms with Gasteiger partial charge in [-0.3, -0.25) is 9.59 Å². The molecule has 5 heteroatoms. The molecule has 1 aliphatic heterocycles. The van der Waals surface area contributed by atoms with Gasteiger partial charge in [-0.05, 0) is 61.8 Å². The first kappa shape index (κ1) is 22.1. The average molecular weight is 432 g/mol. The van der Waals surface area contributed by atoms with Gasteiger partial charge in [-0.2, -0.15) is 0 Å². The molecule has 0 aliphatic carbocycles. The predicted octanol–water partition coefficient (Wildman–Crippen LogP) is 4.72. The van der Waals surface area contributed by atoms with Crippen LogP contribution in [0.15, 0.2) is 54.7 Å². The molecule has 2 N–H and O–H groups in total. The number of H-pyrrole nitrogens is 1. The predicted molar refractivity (Wildman–Crippen MR) is 129 cm³/mol. The molecule has 1 aliphatic rings. The maximum Gasteiger partial charge on any atom is 0.255 e. The van der Waals surface area contributed by atoms with Gasteiger partial charge >= 0.3 is 0 Å². The van der Waals surface area contributed by atoms with E-state index in [-0.39, 0.29) is 11.8 Å². The monoisotopic (exact) mass is 431 g/mol. The van der Waals surface area contributed by atoms with Crippen molar-refractivity contribution in [1.82, 2.24) is 15.2 Å². The summed E-state index contributed by atoms with van der Waals surface area (Å²) in [5.41, 5.74) is 3.09. The van der Waals surface area contributed by atoms with Gasteiger partial charge in [0.25, 0.3) is 5.91 Å². The van der Waals surface area contributed by atoms with E-state index in [0.717, 1.165) is 23.1 Å². The van der Waals surface area contributed by atoms with Crippen LogP contribution in [0.2, 0.25) is 0 Å². The number of carbonyl (C=O) groups excluding carboxylic acids is 2. The molecule has 32 heavy (non-hydrogen) atoms. The van der Waals surface area contributed by atoms with E-state index in [9.17, 15) is 9.59 Å². The van der Waals surface area contributed by atoms with Crippen LogP contribution in [-0.4, -0.2) is 40.3 Å². The third-order valence-electron chi connectivity index (χ3n) is 6.75. The number of carbonyl (C=O) groups is 2. The lowest BCUT2D eigenvalue weighted by Gasteiger charge is -2.39. The van der Waals surface area contributed by atoms with Gasteiger partial charge in [0.15, 0.2) is 0 Å². The minimum absolute atomic E-state index is 0.0561. The molecule has 3 aromatic rings. The fourth-order valence-corrected chi connectivity index (χ4v) is 4.65. The SMILES string of the molecule is CC(C)CCNC(=O)[C@]1(C)CCc2ccccc2C(=O)N1CCc1c[nH]c2ccccc12. The lowest BCUT2D eigenvalue weighted by atomic mass is 9.91. The van der Waals surface area contributed by atoms with Crippen molar-refractivity contribution in [2.45, 2.75) is 52.0 Å². The van der Waals surface area contributed by atoms with Crippen molar-refractivity contribution in [2.24, 2.45) is 5.92 Å². The highest BCUT2D eigenvalue weighted by Gasteiger charge is 2.44. The molecule has 168 valence electrons. The van der Waals surface area contributed by atoms with E-state index in [1.54, 1.807) is 0 Å². The third kappa shape index (κ3) is 4.29. The lowest BCUT2D eigenvalue weighted by molar-refractivity contribution is -0.131. The van der Waals surface area contributed by atoms with Crippen LogP contribution in [0, 0.1) is 5.92 Å². The summed E-state index contributed by atoms with van der Waals surface area (Å²) < 4.78 is 0. The number of benzene rings is 2. The Morgan fingerprint density at radius 3 is 2.72 bits per heavy atom. The maximum absolute atomic E-state index is 13.7. The fraction of sp³-hybridized carbons (Fsp3) is 0.407.